The number of rotatable bonds is 9. The standard InChI is InChI=1S/C25H27N3O4S/c1-20(25(30)26-2)27(18-21-12-6-3-7-13-21)24(29)19-28(22-14-8-4-9-15-22)33(31,32)23-16-10-5-11-17-23/h3-17,20H,18-19H2,1-2H3,(H,26,30)/t20-/m1/s1. The van der Waals surface area contributed by atoms with Crippen LogP contribution in [0.15, 0.2) is 95.9 Å². The summed E-state index contributed by atoms with van der Waals surface area (Å²) in [4.78, 5) is 27.4. The van der Waals surface area contributed by atoms with Gasteiger partial charge in [0.2, 0.25) is 11.8 Å². The smallest absolute Gasteiger partial charge is 0.264 e. The van der Waals surface area contributed by atoms with Crippen molar-refractivity contribution in [2.75, 3.05) is 17.9 Å². The van der Waals surface area contributed by atoms with Crippen LogP contribution in [0.25, 0.3) is 0 Å². The first-order valence-electron chi connectivity index (χ1n) is 10.5. The zero-order chi connectivity index (χ0) is 23.8. The lowest BCUT2D eigenvalue weighted by atomic mass is 10.1. The average Bonchev–Trinajstić information content (AvgIpc) is 2.86. The van der Waals surface area contributed by atoms with Crippen molar-refractivity contribution in [1.82, 2.24) is 10.2 Å². The maximum absolute atomic E-state index is 13.5. The van der Waals surface area contributed by atoms with Crippen LogP contribution in [-0.4, -0.2) is 44.8 Å². The van der Waals surface area contributed by atoms with Crippen molar-refractivity contribution in [1.29, 1.82) is 0 Å². The van der Waals surface area contributed by atoms with Crippen LogP contribution in [0.5, 0.6) is 0 Å². The van der Waals surface area contributed by atoms with E-state index >= 15 is 0 Å². The Balaban J connectivity index is 1.98. The van der Waals surface area contributed by atoms with Gasteiger partial charge in [-0.1, -0.05) is 66.7 Å². The number of para-hydroxylation sites is 1. The van der Waals surface area contributed by atoms with Crippen molar-refractivity contribution >= 4 is 27.5 Å². The van der Waals surface area contributed by atoms with E-state index in [1.807, 2.05) is 30.3 Å². The summed E-state index contributed by atoms with van der Waals surface area (Å²) in [5, 5.41) is 2.56. The van der Waals surface area contributed by atoms with Crippen LogP contribution in [-0.2, 0) is 26.2 Å². The fourth-order valence-electron chi connectivity index (χ4n) is 3.41. The number of amides is 2. The molecule has 3 aromatic rings. The summed E-state index contributed by atoms with van der Waals surface area (Å²) in [7, 11) is -2.52. The molecule has 0 aliphatic carbocycles. The number of nitrogens with zero attached hydrogens (tertiary/aromatic N) is 2. The average molecular weight is 466 g/mol. The molecule has 0 aliphatic heterocycles. The highest BCUT2D eigenvalue weighted by Crippen LogP contribution is 2.24. The molecule has 0 fully saturated rings. The highest BCUT2D eigenvalue weighted by molar-refractivity contribution is 7.92. The van der Waals surface area contributed by atoms with Crippen LogP contribution in [0.4, 0.5) is 5.69 Å². The summed E-state index contributed by atoms with van der Waals surface area (Å²) in [5.41, 5.74) is 1.20. The summed E-state index contributed by atoms with van der Waals surface area (Å²) in [5.74, 6) is -0.824. The Bertz CT molecular complexity index is 1170. The SMILES string of the molecule is CNC(=O)[C@@H](C)N(Cc1ccccc1)C(=O)CN(c1ccccc1)S(=O)(=O)c1ccccc1. The molecular formula is C25H27N3O4S. The summed E-state index contributed by atoms with van der Waals surface area (Å²) < 4.78 is 28.1. The van der Waals surface area contributed by atoms with Crippen molar-refractivity contribution in [3.05, 3.63) is 96.6 Å². The number of benzene rings is 3. The molecule has 172 valence electrons. The highest BCUT2D eigenvalue weighted by Gasteiger charge is 2.32. The molecule has 0 aromatic heterocycles. The third kappa shape index (κ3) is 5.78. The van der Waals surface area contributed by atoms with Crippen LogP contribution in [0.1, 0.15) is 12.5 Å². The minimum absolute atomic E-state index is 0.0793. The van der Waals surface area contributed by atoms with Crippen molar-refractivity contribution < 1.29 is 18.0 Å². The molecule has 0 unspecified atom stereocenters. The Morgan fingerprint density at radius 1 is 0.848 bits per heavy atom. The molecule has 2 amide bonds. The molecule has 0 heterocycles. The number of likely N-dealkylation sites (N-methyl/N-ethyl adjacent to an activating group) is 1. The van der Waals surface area contributed by atoms with Gasteiger partial charge in [-0.2, -0.15) is 0 Å². The molecule has 0 saturated carbocycles. The van der Waals surface area contributed by atoms with Crippen LogP contribution in [0.2, 0.25) is 0 Å². The van der Waals surface area contributed by atoms with Gasteiger partial charge in [0.1, 0.15) is 12.6 Å². The van der Waals surface area contributed by atoms with Gasteiger partial charge in [-0.15, -0.1) is 0 Å². The molecule has 7 nitrogen and oxygen atoms in total. The van der Waals surface area contributed by atoms with Gasteiger partial charge in [-0.3, -0.25) is 13.9 Å². The first kappa shape index (κ1) is 24.0. The van der Waals surface area contributed by atoms with E-state index in [9.17, 15) is 18.0 Å². The largest absolute Gasteiger partial charge is 0.357 e. The molecule has 0 aliphatic rings. The van der Waals surface area contributed by atoms with Gasteiger partial charge in [-0.05, 0) is 36.8 Å². The van der Waals surface area contributed by atoms with E-state index in [1.165, 1.54) is 24.1 Å². The Morgan fingerprint density at radius 3 is 1.91 bits per heavy atom. The molecule has 0 spiro atoms. The van der Waals surface area contributed by atoms with E-state index in [2.05, 4.69) is 5.32 Å². The minimum atomic E-state index is -4.02. The lowest BCUT2D eigenvalue weighted by Gasteiger charge is -2.31. The van der Waals surface area contributed by atoms with E-state index < -0.39 is 28.5 Å². The number of nitrogens with one attached hydrogen (secondary N) is 1. The van der Waals surface area contributed by atoms with Gasteiger partial charge in [-0.25, -0.2) is 8.42 Å². The van der Waals surface area contributed by atoms with Crippen molar-refractivity contribution in [3.63, 3.8) is 0 Å². The molecule has 33 heavy (non-hydrogen) atoms. The summed E-state index contributed by atoms with van der Waals surface area (Å²) >= 11 is 0. The van der Waals surface area contributed by atoms with Crippen LogP contribution < -0.4 is 9.62 Å². The van der Waals surface area contributed by atoms with Gasteiger partial charge >= 0.3 is 0 Å². The molecule has 3 aromatic carbocycles. The van der Waals surface area contributed by atoms with Gasteiger partial charge in [0.15, 0.2) is 0 Å². The topological polar surface area (TPSA) is 86.8 Å². The van der Waals surface area contributed by atoms with E-state index in [0.29, 0.717) is 5.69 Å². The Hall–Kier alpha value is -3.65. The maximum Gasteiger partial charge on any atom is 0.264 e. The fraction of sp³-hybridized carbons (Fsp3) is 0.200. The second-order valence-corrected chi connectivity index (χ2v) is 9.32. The number of sulfonamides is 1. The van der Waals surface area contributed by atoms with Crippen LogP contribution >= 0.6 is 0 Å². The summed E-state index contributed by atoms with van der Waals surface area (Å²) in [6, 6.07) is 24.9. The lowest BCUT2D eigenvalue weighted by molar-refractivity contribution is -0.139. The maximum atomic E-state index is 13.5. The zero-order valence-corrected chi connectivity index (χ0v) is 19.4. The van der Waals surface area contributed by atoms with Gasteiger partial charge in [0.05, 0.1) is 10.6 Å². The normalized spacial score (nSPS) is 11.9. The number of hydrogen-bond donors (Lipinski definition) is 1. The van der Waals surface area contributed by atoms with E-state index in [1.54, 1.807) is 55.5 Å². The van der Waals surface area contributed by atoms with E-state index in [0.717, 1.165) is 9.87 Å². The molecule has 8 heteroatoms. The zero-order valence-electron chi connectivity index (χ0n) is 18.6. The Kier molecular flexibility index (Phi) is 7.84. The summed E-state index contributed by atoms with van der Waals surface area (Å²) in [6.07, 6.45) is 0. The molecule has 1 atom stereocenters. The van der Waals surface area contributed by atoms with Crippen LogP contribution in [0.3, 0.4) is 0 Å². The van der Waals surface area contributed by atoms with E-state index in [4.69, 9.17) is 0 Å². The second-order valence-electron chi connectivity index (χ2n) is 7.46. The molecule has 3 rings (SSSR count). The molecule has 0 radical (unpaired) electrons. The van der Waals surface area contributed by atoms with Crippen molar-refractivity contribution in [2.24, 2.45) is 0 Å². The van der Waals surface area contributed by atoms with Crippen LogP contribution in [0, 0.1) is 0 Å². The van der Waals surface area contributed by atoms with Crippen molar-refractivity contribution in [2.45, 2.75) is 24.4 Å². The summed E-state index contributed by atoms with van der Waals surface area (Å²) in [6.45, 7) is 1.34. The number of hydrogen-bond acceptors (Lipinski definition) is 4. The lowest BCUT2D eigenvalue weighted by Crippen LogP contribution is -2.50. The third-order valence-corrected chi connectivity index (χ3v) is 7.05. The second kappa shape index (κ2) is 10.8. The number of anilines is 1. The van der Waals surface area contributed by atoms with Crippen molar-refractivity contribution in [3.8, 4) is 0 Å². The van der Waals surface area contributed by atoms with Gasteiger partial charge in [0.25, 0.3) is 10.0 Å². The fourth-order valence-corrected chi connectivity index (χ4v) is 4.85. The van der Waals surface area contributed by atoms with Gasteiger partial charge < -0.3 is 10.2 Å². The minimum Gasteiger partial charge on any atom is -0.357 e. The van der Waals surface area contributed by atoms with Gasteiger partial charge in [0, 0.05) is 13.6 Å². The van der Waals surface area contributed by atoms with E-state index in [-0.39, 0.29) is 17.3 Å². The first-order valence-corrected chi connectivity index (χ1v) is 12.0. The highest BCUT2D eigenvalue weighted by atomic mass is 32.2. The third-order valence-electron chi connectivity index (χ3n) is 5.26. The molecule has 0 saturated heterocycles. The molecular weight excluding hydrogens is 438 g/mol. The number of carbonyl (C=O) groups is 2. The Labute approximate surface area is 194 Å². The monoisotopic (exact) mass is 465 g/mol. The molecule has 1 N–H and O–H groups in total. The Morgan fingerprint density at radius 2 is 1.36 bits per heavy atom. The predicted octanol–water partition coefficient (Wildman–Crippen LogP) is 3.05. The first-order chi connectivity index (χ1) is 15.8. The number of carbonyl (C=O) groups excluding carboxylic acids is 2. The molecule has 0 bridgehead atoms. The quantitative estimate of drug-likeness (QED) is 0.526. The predicted molar refractivity (Wildman–Crippen MR) is 128 cm³/mol.